The predicted octanol–water partition coefficient (Wildman–Crippen LogP) is 5.09. The fourth-order valence-electron chi connectivity index (χ4n) is 6.48. The summed E-state index contributed by atoms with van der Waals surface area (Å²) in [4.78, 5) is 62.8. The van der Waals surface area contributed by atoms with Gasteiger partial charge in [-0.15, -0.1) is 11.6 Å². The average molecular weight is 995 g/mol. The van der Waals surface area contributed by atoms with Gasteiger partial charge in [-0.05, 0) is 24.0 Å². The molecule has 2 aromatic rings. The van der Waals surface area contributed by atoms with Gasteiger partial charge >= 0.3 is 29.8 Å². The van der Waals surface area contributed by atoms with Crippen molar-refractivity contribution in [2.75, 3.05) is 31.0 Å². The average Bonchev–Trinajstić information content (AvgIpc) is 3.21. The summed E-state index contributed by atoms with van der Waals surface area (Å²) in [7, 11) is 0. The topological polar surface area (TPSA) is 187 Å². The van der Waals surface area contributed by atoms with Gasteiger partial charge in [0.15, 0.2) is 37.0 Å². The second-order valence-electron chi connectivity index (χ2n) is 13.8. The van der Waals surface area contributed by atoms with Crippen LogP contribution in [0.4, 0.5) is 0 Å². The molecule has 19 heteroatoms. The number of hydrogen-bond donors (Lipinski definition) is 0. The van der Waals surface area contributed by atoms with Crippen LogP contribution in [-0.4, -0.2) is 127 Å². The molecular weight excluding hydrogens is 944 g/mol. The molecule has 4 rings (SSSR count). The fraction of sp³-hybridized carbons (Fsp3) is 0.585. The molecule has 0 spiro atoms. The minimum atomic E-state index is -1.65. The van der Waals surface area contributed by atoms with E-state index < -0.39 is 104 Å². The zero-order valence-corrected chi connectivity index (χ0v) is 37.6. The Bertz CT molecular complexity index is 1660. The van der Waals surface area contributed by atoms with Crippen molar-refractivity contribution in [2.45, 2.75) is 120 Å². The van der Waals surface area contributed by atoms with E-state index in [1.165, 1.54) is 0 Å². The van der Waals surface area contributed by atoms with Crippen molar-refractivity contribution in [3.63, 3.8) is 0 Å². The molecule has 0 bridgehead atoms. The maximum atomic E-state index is 13.0. The number of hydrogen-bond acceptors (Lipinski definition) is 16. The summed E-state index contributed by atoms with van der Waals surface area (Å²) in [6, 6.07) is 18.6. The largest absolute Gasteiger partial charge is 0.463 e. The van der Waals surface area contributed by atoms with Gasteiger partial charge in [0.1, 0.15) is 36.9 Å². The Hall–Kier alpha value is -3.20. The highest BCUT2D eigenvalue weighted by molar-refractivity contribution is 9.12. The van der Waals surface area contributed by atoms with Crippen molar-refractivity contribution in [3.8, 4) is 0 Å². The van der Waals surface area contributed by atoms with Crippen molar-refractivity contribution in [2.24, 2.45) is 0 Å². The van der Waals surface area contributed by atoms with Crippen LogP contribution in [0.5, 0.6) is 0 Å². The predicted molar refractivity (Wildman–Crippen MR) is 219 cm³/mol. The summed E-state index contributed by atoms with van der Waals surface area (Å²) in [6.07, 6.45) is -12.3. The van der Waals surface area contributed by atoms with Gasteiger partial charge in [-0.2, -0.15) is 0 Å². The standard InChI is InChI=1S/C41H51Br2ClO16/c1-24(45)52-23-32-35(54-25(2)46)37(55-26(3)47)39(56-27(4)48)41(58-32)60-34-31(22-50-20-28-12-7-5-8-13-28)57-40(51-17-11-16-30(43)18-42)38(59-33(49)19-44)36(34)53-21-29-14-9-6-10-15-29/h5-10,12-15,30-32,34-41H,11,16-23H2,1-4H3/t30?,31-,32-,34-,35+,36+,37+,38+,39-,40+,41+/m1/s1. The lowest BCUT2D eigenvalue weighted by molar-refractivity contribution is -0.365. The molecule has 0 N–H and O–H groups in total. The Morgan fingerprint density at radius 3 is 1.78 bits per heavy atom. The number of halogens is 3. The normalized spacial score (nSPS) is 26.9. The van der Waals surface area contributed by atoms with Crippen molar-refractivity contribution in [1.29, 1.82) is 0 Å². The summed E-state index contributed by atoms with van der Waals surface area (Å²) < 4.78 is 66.7. The maximum Gasteiger partial charge on any atom is 0.321 e. The molecule has 332 valence electrons. The first-order valence-corrected chi connectivity index (χ1v) is 21.8. The number of carbonyl (C=O) groups is 5. The van der Waals surface area contributed by atoms with Crippen LogP contribution in [0.25, 0.3) is 0 Å². The van der Waals surface area contributed by atoms with Crippen LogP contribution in [-0.2, 0) is 89.3 Å². The lowest BCUT2D eigenvalue weighted by Crippen LogP contribution is -2.67. The number of rotatable bonds is 22. The van der Waals surface area contributed by atoms with Crippen molar-refractivity contribution in [3.05, 3.63) is 71.8 Å². The van der Waals surface area contributed by atoms with Gasteiger partial charge in [-0.3, -0.25) is 24.0 Å². The van der Waals surface area contributed by atoms with Gasteiger partial charge in [-0.25, -0.2) is 0 Å². The van der Waals surface area contributed by atoms with E-state index in [1.54, 1.807) is 0 Å². The molecule has 2 aliphatic rings. The highest BCUT2D eigenvalue weighted by atomic mass is 79.9. The highest BCUT2D eigenvalue weighted by Crippen LogP contribution is 2.36. The third-order valence-corrected chi connectivity index (χ3v) is 11.6. The molecule has 2 aromatic carbocycles. The number of carbonyl (C=O) groups excluding carboxylic acids is 5. The van der Waals surface area contributed by atoms with E-state index in [-0.39, 0.29) is 31.3 Å². The zero-order valence-electron chi connectivity index (χ0n) is 33.7. The van der Waals surface area contributed by atoms with Crippen LogP contribution < -0.4 is 0 Å². The Morgan fingerprint density at radius 1 is 0.650 bits per heavy atom. The van der Waals surface area contributed by atoms with E-state index in [0.29, 0.717) is 6.42 Å². The van der Waals surface area contributed by atoms with Crippen molar-refractivity contribution >= 4 is 73.3 Å². The second-order valence-corrected chi connectivity index (χ2v) is 16.0. The highest BCUT2D eigenvalue weighted by Gasteiger charge is 2.57. The minimum Gasteiger partial charge on any atom is -0.463 e. The van der Waals surface area contributed by atoms with E-state index in [0.717, 1.165) is 50.6 Å². The van der Waals surface area contributed by atoms with Crippen molar-refractivity contribution < 1.29 is 76.1 Å². The molecule has 0 radical (unpaired) electrons. The molecule has 16 nitrogen and oxygen atoms in total. The van der Waals surface area contributed by atoms with Gasteiger partial charge in [0.25, 0.3) is 0 Å². The van der Waals surface area contributed by atoms with Gasteiger partial charge in [0.2, 0.25) is 0 Å². The first-order valence-electron chi connectivity index (χ1n) is 19.2. The quantitative estimate of drug-likeness (QED) is 0.0657. The SMILES string of the molecule is CC(=O)OC[C@H]1O[C@@H](O[C@H]2[C@H](OCc3ccccc3)[C@H](OC(=O)CCl)[C@@H](OCCCC(Br)CBr)O[C@@H]2COCc2ccccc2)[C@H](OC(C)=O)[C@@H](OC(C)=O)[C@H]1OC(C)=O. The van der Waals surface area contributed by atoms with Crippen LogP contribution in [0.1, 0.15) is 51.7 Å². The molecule has 2 aliphatic heterocycles. The number of ether oxygens (including phenoxy) is 11. The molecular formula is C41H51Br2ClO16. The van der Waals surface area contributed by atoms with Crippen LogP contribution in [0.3, 0.4) is 0 Å². The molecule has 1 unspecified atom stereocenters. The van der Waals surface area contributed by atoms with Crippen LogP contribution in [0.15, 0.2) is 60.7 Å². The van der Waals surface area contributed by atoms with E-state index in [9.17, 15) is 24.0 Å². The van der Waals surface area contributed by atoms with Crippen molar-refractivity contribution in [1.82, 2.24) is 0 Å². The third kappa shape index (κ3) is 15.9. The Morgan fingerprint density at radius 2 is 1.20 bits per heavy atom. The van der Waals surface area contributed by atoms with Crippen LogP contribution >= 0.6 is 43.5 Å². The van der Waals surface area contributed by atoms with E-state index in [4.69, 9.17) is 63.7 Å². The monoisotopic (exact) mass is 992 g/mol. The van der Waals surface area contributed by atoms with Crippen LogP contribution in [0.2, 0.25) is 0 Å². The third-order valence-electron chi connectivity index (χ3n) is 9.00. The molecule has 2 saturated heterocycles. The lowest BCUT2D eigenvalue weighted by Gasteiger charge is -2.49. The molecule has 11 atom stereocenters. The number of benzene rings is 2. The number of esters is 5. The molecule has 0 aliphatic carbocycles. The number of alkyl halides is 3. The molecule has 2 fully saturated rings. The molecule has 60 heavy (non-hydrogen) atoms. The Kier molecular flexibility index (Phi) is 21.2. The smallest absolute Gasteiger partial charge is 0.321 e. The van der Waals surface area contributed by atoms with Crippen LogP contribution in [0, 0.1) is 0 Å². The van der Waals surface area contributed by atoms with Gasteiger partial charge < -0.3 is 52.1 Å². The molecule has 2 heterocycles. The van der Waals surface area contributed by atoms with E-state index in [2.05, 4.69) is 31.9 Å². The summed E-state index contributed by atoms with van der Waals surface area (Å²) in [5.41, 5.74) is 1.62. The fourth-order valence-corrected chi connectivity index (χ4v) is 7.19. The summed E-state index contributed by atoms with van der Waals surface area (Å²) >= 11 is 13.0. The maximum absolute atomic E-state index is 13.0. The van der Waals surface area contributed by atoms with Gasteiger partial charge in [-0.1, -0.05) is 92.5 Å². The second kappa shape index (κ2) is 25.7. The summed E-state index contributed by atoms with van der Waals surface area (Å²) in [5.74, 6) is -4.47. The molecule has 0 amide bonds. The van der Waals surface area contributed by atoms with Gasteiger partial charge in [0.05, 0.1) is 19.8 Å². The summed E-state index contributed by atoms with van der Waals surface area (Å²) in [6.45, 7) is 4.22. The first kappa shape index (κ1) is 49.5. The Labute approximate surface area is 370 Å². The first-order chi connectivity index (χ1) is 28.8. The summed E-state index contributed by atoms with van der Waals surface area (Å²) in [5, 5.41) is 0.720. The minimum absolute atomic E-state index is 0.0142. The van der Waals surface area contributed by atoms with Gasteiger partial charge in [0, 0.05) is 44.5 Å². The lowest BCUT2D eigenvalue weighted by atomic mass is 9.96. The zero-order chi connectivity index (χ0) is 43.6. The Balaban J connectivity index is 1.82. The van der Waals surface area contributed by atoms with E-state index in [1.807, 2.05) is 60.7 Å². The molecule has 0 saturated carbocycles. The molecule has 0 aromatic heterocycles. The van der Waals surface area contributed by atoms with E-state index >= 15 is 0 Å².